The van der Waals surface area contributed by atoms with Crippen LogP contribution in [0.25, 0.3) is 15.8 Å². The first-order valence-electron chi connectivity index (χ1n) is 8.04. The Labute approximate surface area is 167 Å². The van der Waals surface area contributed by atoms with Crippen molar-refractivity contribution in [3.8, 4) is 5.75 Å². The van der Waals surface area contributed by atoms with Gasteiger partial charge in [-0.1, -0.05) is 24.3 Å². The molecule has 2 aromatic carbocycles. The van der Waals surface area contributed by atoms with Gasteiger partial charge in [-0.15, -0.1) is 11.3 Å². The number of aromatic amines is 1. The van der Waals surface area contributed by atoms with E-state index in [4.69, 9.17) is 21.7 Å². The van der Waals surface area contributed by atoms with E-state index < -0.39 is 5.97 Å². The second kappa shape index (κ2) is 9.89. The summed E-state index contributed by atoms with van der Waals surface area (Å²) in [5, 5.41) is 0. The summed E-state index contributed by atoms with van der Waals surface area (Å²) < 4.78 is 16.6. The van der Waals surface area contributed by atoms with Gasteiger partial charge in [0, 0.05) is 6.07 Å². The summed E-state index contributed by atoms with van der Waals surface area (Å²) in [4.78, 5) is 14.6. The van der Waals surface area contributed by atoms with Crippen LogP contribution < -0.4 is 4.74 Å². The summed E-state index contributed by atoms with van der Waals surface area (Å²) in [6.07, 6.45) is 1.40. The largest absolute Gasteiger partial charge is 0.503 e. The molecular formula is C20H21NO4S2. The smallest absolute Gasteiger partial charge is 0.341 e. The number of hydrogen-bond donors (Lipinski definition) is 1. The van der Waals surface area contributed by atoms with Crippen LogP contribution in [0.2, 0.25) is 0 Å². The number of esters is 1. The van der Waals surface area contributed by atoms with Crippen molar-refractivity contribution in [1.82, 2.24) is 4.98 Å². The summed E-state index contributed by atoms with van der Waals surface area (Å²) in [5.74, 6) is 0.456. The Morgan fingerprint density at radius 2 is 1.89 bits per heavy atom. The van der Waals surface area contributed by atoms with Crippen LogP contribution in [0.1, 0.15) is 11.1 Å². The van der Waals surface area contributed by atoms with Crippen molar-refractivity contribution < 1.29 is 19.0 Å². The SMILES string of the molecule is CO/C=C(/C(=O)OC)c1ccccc1C.COc1ccc2sc(=S)[nH]c2c1. The van der Waals surface area contributed by atoms with Crippen LogP contribution >= 0.6 is 23.6 Å². The third-order valence-electron chi connectivity index (χ3n) is 3.70. The van der Waals surface area contributed by atoms with E-state index in [1.807, 2.05) is 49.4 Å². The maximum atomic E-state index is 11.5. The number of rotatable bonds is 4. The molecule has 142 valence electrons. The first kappa shape index (κ1) is 20.7. The van der Waals surface area contributed by atoms with Crippen LogP contribution in [0.5, 0.6) is 5.75 Å². The summed E-state index contributed by atoms with van der Waals surface area (Å²) in [7, 11) is 4.51. The number of H-pyrrole nitrogens is 1. The van der Waals surface area contributed by atoms with Gasteiger partial charge in [0.15, 0.2) is 3.95 Å². The molecule has 3 aromatic rings. The lowest BCUT2D eigenvalue weighted by Gasteiger charge is -2.07. The fraction of sp³-hybridized carbons (Fsp3) is 0.200. The van der Waals surface area contributed by atoms with E-state index in [1.54, 1.807) is 18.4 Å². The van der Waals surface area contributed by atoms with Gasteiger partial charge >= 0.3 is 5.97 Å². The second-order valence-corrected chi connectivity index (χ2v) is 7.17. The zero-order valence-corrected chi connectivity index (χ0v) is 17.2. The molecule has 7 heteroatoms. The molecule has 0 bridgehead atoms. The molecule has 0 saturated heterocycles. The molecule has 0 fully saturated rings. The maximum absolute atomic E-state index is 11.5. The molecule has 1 N–H and O–H groups in total. The molecule has 1 heterocycles. The number of methoxy groups -OCH3 is 3. The molecule has 0 aliphatic rings. The molecule has 0 atom stereocenters. The molecule has 1 aromatic heterocycles. The average molecular weight is 404 g/mol. The maximum Gasteiger partial charge on any atom is 0.341 e. The molecule has 0 unspecified atom stereocenters. The Bertz CT molecular complexity index is 1000. The van der Waals surface area contributed by atoms with Gasteiger partial charge in [0.1, 0.15) is 11.3 Å². The second-order valence-electron chi connectivity index (χ2n) is 5.45. The third kappa shape index (κ3) is 5.42. The minimum absolute atomic E-state index is 0.397. The quantitative estimate of drug-likeness (QED) is 0.283. The highest BCUT2D eigenvalue weighted by Crippen LogP contribution is 2.23. The number of nitrogens with one attached hydrogen (secondary N) is 1. The molecule has 0 aliphatic carbocycles. The minimum Gasteiger partial charge on any atom is -0.503 e. The van der Waals surface area contributed by atoms with Crippen molar-refractivity contribution in [3.63, 3.8) is 0 Å². The van der Waals surface area contributed by atoms with Gasteiger partial charge in [0.2, 0.25) is 0 Å². The van der Waals surface area contributed by atoms with Crippen LogP contribution in [-0.2, 0) is 14.3 Å². The Hall–Kier alpha value is -2.64. The number of benzene rings is 2. The molecule has 0 spiro atoms. The molecule has 0 saturated carbocycles. The van der Waals surface area contributed by atoms with Crippen LogP contribution in [0, 0.1) is 10.9 Å². The van der Waals surface area contributed by atoms with E-state index in [-0.39, 0.29) is 0 Å². The van der Waals surface area contributed by atoms with Crippen molar-refractivity contribution in [1.29, 1.82) is 0 Å². The normalized spacial score (nSPS) is 10.7. The lowest BCUT2D eigenvalue weighted by atomic mass is 10.0. The Morgan fingerprint density at radius 3 is 2.52 bits per heavy atom. The number of aryl methyl sites for hydroxylation is 1. The third-order valence-corrected chi connectivity index (χ3v) is 4.92. The van der Waals surface area contributed by atoms with Crippen LogP contribution in [0.4, 0.5) is 0 Å². The molecule has 0 amide bonds. The molecule has 3 rings (SSSR count). The van der Waals surface area contributed by atoms with Crippen LogP contribution in [0.3, 0.4) is 0 Å². The predicted octanol–water partition coefficient (Wildman–Crippen LogP) is 5.12. The monoisotopic (exact) mass is 403 g/mol. The van der Waals surface area contributed by atoms with Gasteiger partial charge < -0.3 is 19.2 Å². The summed E-state index contributed by atoms with van der Waals surface area (Å²) >= 11 is 6.59. The zero-order valence-electron chi connectivity index (χ0n) is 15.6. The highest BCUT2D eigenvalue weighted by Gasteiger charge is 2.14. The van der Waals surface area contributed by atoms with Crippen LogP contribution in [-0.4, -0.2) is 32.3 Å². The van der Waals surface area contributed by atoms with Gasteiger partial charge in [-0.3, -0.25) is 0 Å². The van der Waals surface area contributed by atoms with Gasteiger partial charge in [-0.2, -0.15) is 0 Å². The number of carbonyl (C=O) groups is 1. The van der Waals surface area contributed by atoms with E-state index in [0.29, 0.717) is 5.57 Å². The lowest BCUT2D eigenvalue weighted by molar-refractivity contribution is -0.133. The topological polar surface area (TPSA) is 60.6 Å². The molecule has 27 heavy (non-hydrogen) atoms. The fourth-order valence-corrected chi connectivity index (χ4v) is 3.48. The summed E-state index contributed by atoms with van der Waals surface area (Å²) in [6, 6.07) is 13.5. The van der Waals surface area contributed by atoms with Crippen LogP contribution in [0.15, 0.2) is 48.7 Å². The number of carbonyl (C=O) groups excluding carboxylic acids is 1. The lowest BCUT2D eigenvalue weighted by Crippen LogP contribution is -2.05. The molecule has 5 nitrogen and oxygen atoms in total. The van der Waals surface area contributed by atoms with E-state index in [1.165, 1.54) is 25.2 Å². The molecule has 0 aliphatic heterocycles. The van der Waals surface area contributed by atoms with Crippen molar-refractivity contribution >= 4 is 45.3 Å². The molecular weight excluding hydrogens is 382 g/mol. The summed E-state index contributed by atoms with van der Waals surface area (Å²) in [5.41, 5.74) is 3.31. The van der Waals surface area contributed by atoms with Gasteiger partial charge in [-0.25, -0.2) is 4.79 Å². The number of ether oxygens (including phenoxy) is 3. The first-order chi connectivity index (χ1) is 13.0. The molecule has 0 radical (unpaired) electrons. The Kier molecular flexibility index (Phi) is 7.57. The average Bonchev–Trinajstić information content (AvgIpc) is 3.05. The van der Waals surface area contributed by atoms with Crippen molar-refractivity contribution in [2.45, 2.75) is 6.92 Å². The van der Waals surface area contributed by atoms with Gasteiger partial charge in [0.25, 0.3) is 0 Å². The number of hydrogen-bond acceptors (Lipinski definition) is 6. The Morgan fingerprint density at radius 1 is 1.15 bits per heavy atom. The van der Waals surface area contributed by atoms with E-state index in [0.717, 1.165) is 26.3 Å². The van der Waals surface area contributed by atoms with Crippen molar-refractivity contribution in [2.24, 2.45) is 0 Å². The predicted molar refractivity (Wildman–Crippen MR) is 112 cm³/mol. The zero-order chi connectivity index (χ0) is 19.8. The summed E-state index contributed by atoms with van der Waals surface area (Å²) in [6.45, 7) is 1.93. The van der Waals surface area contributed by atoms with E-state index >= 15 is 0 Å². The minimum atomic E-state index is -0.397. The Balaban J connectivity index is 0.000000198. The standard InChI is InChI=1S/C12H14O3.C8H7NOS2/c1-9-6-4-5-7-10(9)11(8-14-2)12(13)15-3;1-10-5-2-3-7-6(4-5)9-8(11)12-7/h4-8H,1-3H3;2-4H,1H3,(H,9,11)/b11-8+;. The van der Waals surface area contributed by atoms with Crippen molar-refractivity contribution in [3.05, 3.63) is 63.8 Å². The highest BCUT2D eigenvalue weighted by molar-refractivity contribution is 7.73. The van der Waals surface area contributed by atoms with E-state index in [2.05, 4.69) is 9.72 Å². The van der Waals surface area contributed by atoms with Gasteiger partial charge in [0.05, 0.1) is 37.8 Å². The number of thiazole rings is 1. The highest BCUT2D eigenvalue weighted by atomic mass is 32.1. The first-order valence-corrected chi connectivity index (χ1v) is 9.26. The number of aromatic nitrogens is 1. The van der Waals surface area contributed by atoms with E-state index in [9.17, 15) is 4.79 Å². The van der Waals surface area contributed by atoms with Gasteiger partial charge in [-0.05, 0) is 42.4 Å². The van der Waals surface area contributed by atoms with Crippen molar-refractivity contribution in [2.75, 3.05) is 21.3 Å². The number of fused-ring (bicyclic) bond motifs is 1. The fourth-order valence-electron chi connectivity index (χ4n) is 2.38.